The number of hydrogen-bond acceptors (Lipinski definition) is 6. The Morgan fingerprint density at radius 1 is 1.30 bits per heavy atom. The van der Waals surface area contributed by atoms with Gasteiger partial charge in [0.05, 0.1) is 0 Å². The fourth-order valence-corrected chi connectivity index (χ4v) is 3.04. The number of sulfone groups is 1. The van der Waals surface area contributed by atoms with Gasteiger partial charge in [0.25, 0.3) is 0 Å². The zero-order valence-electron chi connectivity index (χ0n) is 12.5. The van der Waals surface area contributed by atoms with Crippen molar-refractivity contribution in [1.29, 1.82) is 0 Å². The topological polar surface area (TPSA) is 102 Å². The lowest BCUT2D eigenvalue weighted by Gasteiger charge is -2.05. The molecule has 1 aromatic heterocycles. The number of aromatic nitrogens is 2. The van der Waals surface area contributed by atoms with Gasteiger partial charge in [-0.15, -0.1) is 0 Å². The molecule has 0 radical (unpaired) electrons. The zero-order chi connectivity index (χ0) is 16.9. The van der Waals surface area contributed by atoms with Gasteiger partial charge in [-0.25, -0.2) is 8.42 Å². The minimum Gasteiger partial charge on any atom is -0.338 e. The van der Waals surface area contributed by atoms with E-state index in [0.717, 1.165) is 6.42 Å². The largest absolute Gasteiger partial charge is 0.338 e. The Labute approximate surface area is 139 Å². The molecule has 0 bridgehead atoms. The number of aryl methyl sites for hydroxylation is 1. The van der Waals surface area contributed by atoms with Crippen molar-refractivity contribution in [2.75, 3.05) is 11.1 Å². The van der Waals surface area contributed by atoms with Crippen LogP contribution in [0.1, 0.15) is 25.1 Å². The number of halogens is 1. The van der Waals surface area contributed by atoms with Crippen molar-refractivity contribution >= 4 is 33.0 Å². The fraction of sp³-hybridized carbons (Fsp3) is 0.357. The minimum atomic E-state index is -3.70. The molecule has 0 fully saturated rings. The van der Waals surface area contributed by atoms with E-state index in [9.17, 15) is 13.2 Å². The van der Waals surface area contributed by atoms with E-state index in [1.54, 1.807) is 24.3 Å². The summed E-state index contributed by atoms with van der Waals surface area (Å²) in [6.45, 7) is 1.95. The van der Waals surface area contributed by atoms with Crippen molar-refractivity contribution in [3.63, 3.8) is 0 Å². The first-order valence-electron chi connectivity index (χ1n) is 6.95. The van der Waals surface area contributed by atoms with E-state index in [0.29, 0.717) is 23.0 Å². The summed E-state index contributed by atoms with van der Waals surface area (Å²) in [5.74, 6) is -1.31. The first-order chi connectivity index (χ1) is 10.9. The van der Waals surface area contributed by atoms with Crippen LogP contribution in [0.25, 0.3) is 0 Å². The molecule has 1 amide bonds. The molecule has 0 atom stereocenters. The summed E-state index contributed by atoms with van der Waals surface area (Å²) in [5.41, 5.74) is 0.470. The summed E-state index contributed by atoms with van der Waals surface area (Å²) in [7, 11) is -3.70. The lowest BCUT2D eigenvalue weighted by molar-refractivity contribution is -0.113. The molecule has 124 valence electrons. The average molecular weight is 358 g/mol. The summed E-state index contributed by atoms with van der Waals surface area (Å²) < 4.78 is 28.9. The molecule has 0 spiro atoms. The minimum absolute atomic E-state index is 0.00672. The molecule has 0 saturated heterocycles. The Bertz CT molecular complexity index is 772. The van der Waals surface area contributed by atoms with Crippen LogP contribution in [0.4, 0.5) is 5.69 Å². The van der Waals surface area contributed by atoms with E-state index in [-0.39, 0.29) is 5.89 Å². The predicted molar refractivity (Wildman–Crippen MR) is 85.9 cm³/mol. The number of amides is 1. The summed E-state index contributed by atoms with van der Waals surface area (Å²) in [6.07, 6.45) is 1.44. The highest BCUT2D eigenvalue weighted by Crippen LogP contribution is 2.14. The highest BCUT2D eigenvalue weighted by atomic mass is 35.5. The van der Waals surface area contributed by atoms with Crippen LogP contribution in [-0.4, -0.2) is 30.2 Å². The molecule has 0 unspecified atom stereocenters. The van der Waals surface area contributed by atoms with Crippen LogP contribution in [0.3, 0.4) is 0 Å². The van der Waals surface area contributed by atoms with E-state index >= 15 is 0 Å². The number of benzene rings is 1. The molecule has 7 nitrogen and oxygen atoms in total. The SMILES string of the molecule is CCCc1noc(CS(=O)(=O)CC(=O)Nc2ccc(Cl)cc2)n1. The van der Waals surface area contributed by atoms with Crippen molar-refractivity contribution in [2.45, 2.75) is 25.5 Å². The normalized spacial score (nSPS) is 11.4. The smallest absolute Gasteiger partial charge is 0.241 e. The van der Waals surface area contributed by atoms with Gasteiger partial charge < -0.3 is 9.84 Å². The Hall–Kier alpha value is -1.93. The van der Waals surface area contributed by atoms with Gasteiger partial charge in [-0.2, -0.15) is 4.98 Å². The molecule has 2 rings (SSSR count). The molecule has 0 aliphatic heterocycles. The summed E-state index contributed by atoms with van der Waals surface area (Å²) in [5, 5.41) is 6.70. The van der Waals surface area contributed by atoms with Gasteiger partial charge in [-0.1, -0.05) is 23.7 Å². The van der Waals surface area contributed by atoms with Gasteiger partial charge in [-0.05, 0) is 30.7 Å². The lowest BCUT2D eigenvalue weighted by atomic mass is 10.3. The second-order valence-corrected chi connectivity index (χ2v) is 7.44. The van der Waals surface area contributed by atoms with Crippen molar-refractivity contribution in [3.05, 3.63) is 41.0 Å². The second kappa shape index (κ2) is 7.56. The van der Waals surface area contributed by atoms with E-state index in [4.69, 9.17) is 16.1 Å². The molecular formula is C14H16ClN3O4S. The van der Waals surface area contributed by atoms with Gasteiger partial charge >= 0.3 is 0 Å². The van der Waals surface area contributed by atoms with E-state index in [1.165, 1.54) is 0 Å². The quantitative estimate of drug-likeness (QED) is 0.815. The molecule has 23 heavy (non-hydrogen) atoms. The maximum atomic E-state index is 12.0. The average Bonchev–Trinajstić information content (AvgIpc) is 2.87. The Balaban J connectivity index is 1.94. The number of nitrogens with one attached hydrogen (secondary N) is 1. The molecule has 1 N–H and O–H groups in total. The van der Waals surface area contributed by atoms with Gasteiger partial charge in [-0.3, -0.25) is 4.79 Å². The number of hydrogen-bond donors (Lipinski definition) is 1. The summed E-state index contributed by atoms with van der Waals surface area (Å²) in [4.78, 5) is 15.8. The van der Waals surface area contributed by atoms with E-state index in [2.05, 4.69) is 15.5 Å². The van der Waals surface area contributed by atoms with Gasteiger partial charge in [0, 0.05) is 17.1 Å². The standard InChI is InChI=1S/C14H16ClN3O4S/c1-2-3-12-17-14(22-18-12)9-23(20,21)8-13(19)16-11-6-4-10(15)5-7-11/h4-7H,2-3,8-9H2,1H3,(H,16,19). The van der Waals surface area contributed by atoms with Crippen LogP contribution in [0.2, 0.25) is 5.02 Å². The lowest BCUT2D eigenvalue weighted by Crippen LogP contribution is -2.24. The first kappa shape index (κ1) is 17.4. The Morgan fingerprint density at radius 2 is 2.00 bits per heavy atom. The number of nitrogens with zero attached hydrogens (tertiary/aromatic N) is 2. The third-order valence-corrected chi connectivity index (χ3v) is 4.45. The van der Waals surface area contributed by atoms with Crippen molar-refractivity contribution in [2.24, 2.45) is 0 Å². The monoisotopic (exact) mass is 357 g/mol. The van der Waals surface area contributed by atoms with E-state index < -0.39 is 27.3 Å². The van der Waals surface area contributed by atoms with Gasteiger partial charge in [0.1, 0.15) is 11.5 Å². The second-order valence-electron chi connectivity index (χ2n) is 4.94. The summed E-state index contributed by atoms with van der Waals surface area (Å²) in [6, 6.07) is 6.36. The zero-order valence-corrected chi connectivity index (χ0v) is 14.0. The molecular weight excluding hydrogens is 342 g/mol. The first-order valence-corrected chi connectivity index (χ1v) is 9.15. The Kier molecular flexibility index (Phi) is 5.73. The van der Waals surface area contributed by atoms with Crippen molar-refractivity contribution < 1.29 is 17.7 Å². The molecule has 1 aromatic carbocycles. The van der Waals surface area contributed by atoms with Gasteiger partial charge in [0.2, 0.25) is 11.8 Å². The van der Waals surface area contributed by atoms with Crippen LogP contribution in [-0.2, 0) is 26.8 Å². The van der Waals surface area contributed by atoms with Crippen LogP contribution in [0, 0.1) is 0 Å². The number of carbonyl (C=O) groups excluding carboxylic acids is 1. The van der Waals surface area contributed by atoms with Crippen LogP contribution < -0.4 is 5.32 Å². The highest BCUT2D eigenvalue weighted by molar-refractivity contribution is 7.91. The van der Waals surface area contributed by atoms with E-state index in [1.807, 2.05) is 6.92 Å². The van der Waals surface area contributed by atoms with Crippen molar-refractivity contribution in [3.8, 4) is 0 Å². The number of rotatable bonds is 7. The maximum Gasteiger partial charge on any atom is 0.241 e. The highest BCUT2D eigenvalue weighted by Gasteiger charge is 2.21. The summed E-state index contributed by atoms with van der Waals surface area (Å²) >= 11 is 5.74. The molecule has 9 heteroatoms. The molecule has 1 heterocycles. The molecule has 0 saturated carbocycles. The van der Waals surface area contributed by atoms with Gasteiger partial charge in [0.15, 0.2) is 15.7 Å². The van der Waals surface area contributed by atoms with Crippen LogP contribution in [0.5, 0.6) is 0 Å². The Morgan fingerprint density at radius 3 is 2.65 bits per heavy atom. The van der Waals surface area contributed by atoms with Crippen LogP contribution >= 0.6 is 11.6 Å². The fourth-order valence-electron chi connectivity index (χ4n) is 1.84. The molecule has 0 aliphatic rings. The number of carbonyl (C=O) groups is 1. The molecule has 0 aliphatic carbocycles. The maximum absolute atomic E-state index is 12.0. The third kappa shape index (κ3) is 5.65. The van der Waals surface area contributed by atoms with Crippen molar-refractivity contribution in [1.82, 2.24) is 10.1 Å². The number of anilines is 1. The predicted octanol–water partition coefficient (Wildman–Crippen LogP) is 2.23. The molecule has 2 aromatic rings. The third-order valence-electron chi connectivity index (χ3n) is 2.81. The van der Waals surface area contributed by atoms with Crippen LogP contribution in [0.15, 0.2) is 28.8 Å².